The van der Waals surface area contributed by atoms with E-state index >= 15 is 0 Å². The Morgan fingerprint density at radius 3 is 2.41 bits per heavy atom. The molecule has 3 rings (SSSR count). The lowest BCUT2D eigenvalue weighted by Crippen LogP contribution is -2.38. The van der Waals surface area contributed by atoms with Crippen molar-refractivity contribution in [3.8, 4) is 5.75 Å². The van der Waals surface area contributed by atoms with Gasteiger partial charge in [0.05, 0.1) is 18.6 Å². The summed E-state index contributed by atoms with van der Waals surface area (Å²) in [5, 5.41) is 0. The predicted molar refractivity (Wildman–Crippen MR) is 105 cm³/mol. The Kier molecular flexibility index (Phi) is 6.32. The zero-order valence-electron chi connectivity index (χ0n) is 15.7. The van der Waals surface area contributed by atoms with Gasteiger partial charge in [0.1, 0.15) is 10.6 Å². The van der Waals surface area contributed by atoms with Crippen LogP contribution in [0.5, 0.6) is 5.75 Å². The molecule has 0 unspecified atom stereocenters. The Bertz CT molecular complexity index is 860. The predicted octanol–water partition coefficient (Wildman–Crippen LogP) is 2.63. The zero-order chi connectivity index (χ0) is 19.5. The van der Waals surface area contributed by atoms with Crippen LogP contribution in [0.4, 0.5) is 5.69 Å². The van der Waals surface area contributed by atoms with Gasteiger partial charge in [-0.15, -0.1) is 0 Å². The van der Waals surface area contributed by atoms with Crippen molar-refractivity contribution in [1.29, 1.82) is 0 Å². The Morgan fingerprint density at radius 1 is 1.07 bits per heavy atom. The topological polar surface area (TPSA) is 92.8 Å². The van der Waals surface area contributed by atoms with Gasteiger partial charge in [0.2, 0.25) is 20.0 Å². The highest BCUT2D eigenvalue weighted by Crippen LogP contribution is 2.32. The maximum absolute atomic E-state index is 13.0. The van der Waals surface area contributed by atoms with Crippen molar-refractivity contribution >= 4 is 25.7 Å². The van der Waals surface area contributed by atoms with Gasteiger partial charge in [-0.1, -0.05) is 25.7 Å². The molecule has 0 atom stereocenters. The first kappa shape index (κ1) is 20.4. The zero-order valence-corrected chi connectivity index (χ0v) is 17.3. The van der Waals surface area contributed by atoms with Crippen LogP contribution in [0.3, 0.4) is 0 Å². The van der Waals surface area contributed by atoms with Crippen LogP contribution in [-0.2, 0) is 20.0 Å². The smallest absolute Gasteiger partial charge is 0.244 e. The second-order valence-electron chi connectivity index (χ2n) is 7.24. The van der Waals surface area contributed by atoms with Crippen LogP contribution in [0.15, 0.2) is 23.1 Å². The molecule has 0 spiro atoms. The molecule has 1 saturated carbocycles. The van der Waals surface area contributed by atoms with E-state index in [2.05, 4.69) is 4.72 Å². The number of anilines is 1. The standard InChI is InChI=1S/C18H28N2O5S2/c1-25-17-11-10-16(20-12-6-7-13-26(20,21)22)14-18(17)27(23,24)19-15-8-4-2-3-5-9-15/h10-11,14-15,19H,2-9,12-13H2,1H3. The summed E-state index contributed by atoms with van der Waals surface area (Å²) in [5.41, 5.74) is 0.372. The minimum atomic E-state index is -3.81. The van der Waals surface area contributed by atoms with Gasteiger partial charge < -0.3 is 4.74 Å². The van der Waals surface area contributed by atoms with Crippen molar-refractivity contribution in [2.45, 2.75) is 62.3 Å². The summed E-state index contributed by atoms with van der Waals surface area (Å²) in [6.07, 6.45) is 7.31. The fourth-order valence-electron chi connectivity index (χ4n) is 3.79. The SMILES string of the molecule is COc1ccc(N2CCCCS2(=O)=O)cc1S(=O)(=O)NC1CCCCCC1. The fourth-order valence-corrected chi connectivity index (χ4v) is 6.91. The lowest BCUT2D eigenvalue weighted by Gasteiger charge is -2.29. The van der Waals surface area contributed by atoms with E-state index in [1.54, 1.807) is 6.07 Å². The first-order valence-electron chi connectivity index (χ1n) is 9.54. The molecule has 152 valence electrons. The Morgan fingerprint density at radius 2 is 1.78 bits per heavy atom. The minimum Gasteiger partial charge on any atom is -0.495 e. The van der Waals surface area contributed by atoms with Gasteiger partial charge in [-0.2, -0.15) is 0 Å². The molecule has 0 aromatic heterocycles. The molecule has 1 aliphatic carbocycles. The third kappa shape index (κ3) is 4.75. The second-order valence-corrected chi connectivity index (χ2v) is 10.9. The van der Waals surface area contributed by atoms with Gasteiger partial charge in [0, 0.05) is 12.6 Å². The molecule has 0 amide bonds. The highest BCUT2D eigenvalue weighted by Gasteiger charge is 2.29. The number of nitrogens with zero attached hydrogens (tertiary/aromatic N) is 1. The molecule has 0 bridgehead atoms. The molecule has 1 aromatic carbocycles. The number of hydrogen-bond donors (Lipinski definition) is 1. The molecule has 2 aliphatic rings. The Hall–Kier alpha value is -1.32. The maximum Gasteiger partial charge on any atom is 0.244 e. The Labute approximate surface area is 162 Å². The van der Waals surface area contributed by atoms with Crippen LogP contribution in [0.2, 0.25) is 0 Å². The number of rotatable bonds is 5. The molecule has 0 radical (unpaired) electrons. The molecule has 9 heteroatoms. The van der Waals surface area contributed by atoms with Crippen molar-refractivity contribution in [2.24, 2.45) is 0 Å². The van der Waals surface area contributed by atoms with Gasteiger partial charge in [-0.05, 0) is 43.9 Å². The van der Waals surface area contributed by atoms with Gasteiger partial charge in [0.25, 0.3) is 0 Å². The van der Waals surface area contributed by atoms with E-state index < -0.39 is 20.0 Å². The average Bonchev–Trinajstić information content (AvgIpc) is 2.89. The van der Waals surface area contributed by atoms with Gasteiger partial charge in [-0.25, -0.2) is 21.6 Å². The molecule has 2 fully saturated rings. The normalized spacial score (nSPS) is 21.6. The van der Waals surface area contributed by atoms with Gasteiger partial charge in [-0.3, -0.25) is 4.31 Å². The summed E-state index contributed by atoms with van der Waals surface area (Å²) in [6, 6.07) is 4.46. The molecule has 1 saturated heterocycles. The lowest BCUT2D eigenvalue weighted by atomic mass is 10.1. The molecule has 27 heavy (non-hydrogen) atoms. The van der Waals surface area contributed by atoms with Crippen LogP contribution < -0.4 is 13.8 Å². The summed E-state index contributed by atoms with van der Waals surface area (Å²) in [4.78, 5) is -0.00693. The number of benzene rings is 1. The largest absolute Gasteiger partial charge is 0.495 e. The second kappa shape index (κ2) is 8.36. The van der Waals surface area contributed by atoms with Crippen molar-refractivity contribution < 1.29 is 21.6 Å². The fraction of sp³-hybridized carbons (Fsp3) is 0.667. The number of nitrogens with one attached hydrogen (secondary N) is 1. The molecule has 7 nitrogen and oxygen atoms in total. The highest BCUT2D eigenvalue weighted by atomic mass is 32.2. The molecule has 1 heterocycles. The van der Waals surface area contributed by atoms with E-state index in [4.69, 9.17) is 4.74 Å². The minimum absolute atomic E-state index is 0.00693. The van der Waals surface area contributed by atoms with Crippen LogP contribution in [0.25, 0.3) is 0 Å². The monoisotopic (exact) mass is 416 g/mol. The number of methoxy groups -OCH3 is 1. The van der Waals surface area contributed by atoms with Crippen molar-refractivity contribution in [3.63, 3.8) is 0 Å². The van der Waals surface area contributed by atoms with Gasteiger partial charge in [0.15, 0.2) is 0 Å². The van der Waals surface area contributed by atoms with Crippen LogP contribution in [-0.4, -0.2) is 42.3 Å². The van der Waals surface area contributed by atoms with E-state index in [1.165, 1.54) is 23.5 Å². The quantitative estimate of drug-likeness (QED) is 0.745. The summed E-state index contributed by atoms with van der Waals surface area (Å²) < 4.78 is 60.2. The first-order chi connectivity index (χ1) is 12.8. The Balaban J connectivity index is 1.93. The van der Waals surface area contributed by atoms with Gasteiger partial charge >= 0.3 is 0 Å². The third-order valence-corrected chi connectivity index (χ3v) is 8.66. The maximum atomic E-state index is 13.0. The average molecular weight is 417 g/mol. The number of hydrogen-bond acceptors (Lipinski definition) is 5. The summed E-state index contributed by atoms with van der Waals surface area (Å²) in [5.74, 6) is 0.302. The van der Waals surface area contributed by atoms with Crippen LogP contribution in [0.1, 0.15) is 51.4 Å². The molecule has 1 aromatic rings. The summed E-state index contributed by atoms with van der Waals surface area (Å²) >= 11 is 0. The van der Waals surface area contributed by atoms with E-state index in [0.717, 1.165) is 44.9 Å². The molecular formula is C18H28N2O5S2. The van der Waals surface area contributed by atoms with Crippen LogP contribution in [0, 0.1) is 0 Å². The van der Waals surface area contributed by atoms with E-state index in [0.29, 0.717) is 18.7 Å². The number of ether oxygens (including phenoxy) is 1. The van der Waals surface area contributed by atoms with Crippen molar-refractivity contribution in [2.75, 3.05) is 23.7 Å². The van der Waals surface area contributed by atoms with E-state index in [1.807, 2.05) is 0 Å². The highest BCUT2D eigenvalue weighted by molar-refractivity contribution is 7.92. The van der Waals surface area contributed by atoms with E-state index in [-0.39, 0.29) is 22.4 Å². The molecular weight excluding hydrogens is 388 g/mol. The molecule has 1 N–H and O–H groups in total. The van der Waals surface area contributed by atoms with E-state index in [9.17, 15) is 16.8 Å². The summed E-state index contributed by atoms with van der Waals surface area (Å²) in [7, 11) is -5.81. The molecule has 1 aliphatic heterocycles. The summed E-state index contributed by atoms with van der Waals surface area (Å²) in [6.45, 7) is 0.365. The number of sulfonamides is 2. The van der Waals surface area contributed by atoms with Crippen molar-refractivity contribution in [3.05, 3.63) is 18.2 Å². The first-order valence-corrected chi connectivity index (χ1v) is 12.6. The van der Waals surface area contributed by atoms with Crippen LogP contribution >= 0.6 is 0 Å². The third-order valence-electron chi connectivity index (χ3n) is 5.25. The lowest BCUT2D eigenvalue weighted by molar-refractivity contribution is 0.401. The van der Waals surface area contributed by atoms with Crippen molar-refractivity contribution in [1.82, 2.24) is 4.72 Å².